The van der Waals surface area contributed by atoms with Gasteiger partial charge >= 0.3 is 0 Å². The summed E-state index contributed by atoms with van der Waals surface area (Å²) in [6, 6.07) is 7.41. The molecule has 22 heavy (non-hydrogen) atoms. The molecular formula is C16H17N5O. The van der Waals surface area contributed by atoms with Crippen molar-refractivity contribution < 1.29 is 4.79 Å². The van der Waals surface area contributed by atoms with Crippen molar-refractivity contribution in [1.82, 2.24) is 24.8 Å². The van der Waals surface area contributed by atoms with E-state index >= 15 is 0 Å². The molecule has 112 valence electrons. The zero-order valence-electron chi connectivity index (χ0n) is 12.5. The van der Waals surface area contributed by atoms with E-state index < -0.39 is 0 Å². The van der Waals surface area contributed by atoms with Crippen LogP contribution in [0.15, 0.2) is 43.0 Å². The predicted molar refractivity (Wildman–Crippen MR) is 83.1 cm³/mol. The average Bonchev–Trinajstić information content (AvgIpc) is 2.97. The highest BCUT2D eigenvalue weighted by atomic mass is 16.2. The van der Waals surface area contributed by atoms with Crippen LogP contribution in [0.25, 0.3) is 11.0 Å². The summed E-state index contributed by atoms with van der Waals surface area (Å²) >= 11 is 0. The van der Waals surface area contributed by atoms with E-state index in [0.29, 0.717) is 6.54 Å². The molecule has 3 rings (SSSR count). The third-order valence-electron chi connectivity index (χ3n) is 3.56. The molecule has 0 aliphatic rings. The molecule has 0 bridgehead atoms. The third-order valence-corrected chi connectivity index (χ3v) is 3.56. The fourth-order valence-electron chi connectivity index (χ4n) is 2.25. The summed E-state index contributed by atoms with van der Waals surface area (Å²) in [6.45, 7) is 4.09. The van der Waals surface area contributed by atoms with E-state index in [1.807, 2.05) is 42.7 Å². The number of rotatable bonds is 4. The molecule has 3 aromatic rings. The van der Waals surface area contributed by atoms with Gasteiger partial charge in [0.05, 0.1) is 41.5 Å². The van der Waals surface area contributed by atoms with Gasteiger partial charge < -0.3 is 9.88 Å². The lowest BCUT2D eigenvalue weighted by Crippen LogP contribution is -2.30. The molecule has 1 unspecified atom stereocenters. The second-order valence-electron chi connectivity index (χ2n) is 5.18. The summed E-state index contributed by atoms with van der Waals surface area (Å²) in [5.74, 6) is -0.0782. The van der Waals surface area contributed by atoms with Crippen molar-refractivity contribution in [2.45, 2.75) is 26.4 Å². The van der Waals surface area contributed by atoms with Gasteiger partial charge in [-0.2, -0.15) is 0 Å². The van der Waals surface area contributed by atoms with Gasteiger partial charge in [-0.3, -0.25) is 14.8 Å². The minimum atomic E-state index is -0.342. The molecule has 0 fully saturated rings. The van der Waals surface area contributed by atoms with E-state index in [1.165, 1.54) is 0 Å². The number of aryl methyl sites for hydroxylation is 1. The number of aromatic nitrogens is 4. The molecule has 6 heteroatoms. The topological polar surface area (TPSA) is 72.7 Å². The number of hydrogen-bond acceptors (Lipinski definition) is 4. The van der Waals surface area contributed by atoms with E-state index in [9.17, 15) is 4.79 Å². The largest absolute Gasteiger partial charge is 0.349 e. The Hall–Kier alpha value is -2.76. The molecule has 1 N–H and O–H groups in total. The van der Waals surface area contributed by atoms with Crippen molar-refractivity contribution in [2.24, 2.45) is 0 Å². The molecule has 6 nitrogen and oxygen atoms in total. The van der Waals surface area contributed by atoms with E-state index in [2.05, 4.69) is 20.3 Å². The fraction of sp³-hybridized carbons (Fsp3) is 0.250. The Morgan fingerprint density at radius 1 is 1.23 bits per heavy atom. The summed E-state index contributed by atoms with van der Waals surface area (Å²) in [6.07, 6.45) is 5.06. The van der Waals surface area contributed by atoms with Gasteiger partial charge in [0.1, 0.15) is 6.04 Å². The molecule has 1 atom stereocenters. The van der Waals surface area contributed by atoms with E-state index in [1.54, 1.807) is 18.7 Å². The monoisotopic (exact) mass is 295 g/mol. The Morgan fingerprint density at radius 3 is 2.82 bits per heavy atom. The van der Waals surface area contributed by atoms with E-state index in [4.69, 9.17) is 0 Å². The summed E-state index contributed by atoms with van der Waals surface area (Å²) in [7, 11) is 0. The second kappa shape index (κ2) is 5.93. The quantitative estimate of drug-likeness (QED) is 0.799. The zero-order chi connectivity index (χ0) is 15.5. The lowest BCUT2D eigenvalue weighted by atomic mass is 10.2. The maximum Gasteiger partial charge on any atom is 0.243 e. The number of nitrogens with one attached hydrogen (secondary N) is 1. The first-order valence-corrected chi connectivity index (χ1v) is 7.12. The number of nitrogens with zero attached hydrogens (tertiary/aromatic N) is 4. The van der Waals surface area contributed by atoms with Gasteiger partial charge in [-0.15, -0.1) is 0 Å². The van der Waals surface area contributed by atoms with Gasteiger partial charge in [0.25, 0.3) is 0 Å². The molecule has 0 radical (unpaired) electrons. The van der Waals surface area contributed by atoms with Crippen molar-refractivity contribution in [2.75, 3.05) is 0 Å². The normalized spacial score (nSPS) is 12.3. The zero-order valence-corrected chi connectivity index (χ0v) is 12.5. The smallest absolute Gasteiger partial charge is 0.243 e. The highest BCUT2D eigenvalue weighted by molar-refractivity contribution is 5.83. The van der Waals surface area contributed by atoms with Gasteiger partial charge in [0, 0.05) is 6.20 Å². The summed E-state index contributed by atoms with van der Waals surface area (Å²) in [4.78, 5) is 25.0. The maximum absolute atomic E-state index is 12.3. The standard InChI is InChI=1S/C16H17N5O/c1-11-7-18-13(8-17-11)9-19-16(22)12(2)21-10-20-14-5-3-4-6-15(14)21/h3-8,10,12H,9H2,1-2H3,(H,19,22). The lowest BCUT2D eigenvalue weighted by molar-refractivity contribution is -0.123. The van der Waals surface area contributed by atoms with Crippen LogP contribution < -0.4 is 5.32 Å². The Balaban J connectivity index is 1.70. The van der Waals surface area contributed by atoms with Crippen LogP contribution in [0.2, 0.25) is 0 Å². The fourth-order valence-corrected chi connectivity index (χ4v) is 2.25. The molecule has 0 aliphatic heterocycles. The molecular weight excluding hydrogens is 278 g/mol. The average molecular weight is 295 g/mol. The van der Waals surface area contributed by atoms with E-state index in [-0.39, 0.29) is 11.9 Å². The van der Waals surface area contributed by atoms with Crippen LogP contribution in [-0.4, -0.2) is 25.4 Å². The first kappa shape index (κ1) is 14.2. The van der Waals surface area contributed by atoms with Crippen LogP contribution in [0, 0.1) is 6.92 Å². The Bertz CT molecular complexity index is 794. The highest BCUT2D eigenvalue weighted by Gasteiger charge is 2.16. The Kier molecular flexibility index (Phi) is 3.82. The number of para-hydroxylation sites is 2. The van der Waals surface area contributed by atoms with Gasteiger partial charge in [-0.1, -0.05) is 12.1 Å². The van der Waals surface area contributed by atoms with Crippen molar-refractivity contribution in [3.05, 3.63) is 54.4 Å². The number of carbonyl (C=O) groups is 1. The summed E-state index contributed by atoms with van der Waals surface area (Å²) < 4.78 is 1.87. The van der Waals surface area contributed by atoms with Crippen molar-refractivity contribution in [3.63, 3.8) is 0 Å². The maximum atomic E-state index is 12.3. The second-order valence-corrected chi connectivity index (χ2v) is 5.18. The van der Waals surface area contributed by atoms with Gasteiger partial charge in [-0.05, 0) is 26.0 Å². The SMILES string of the molecule is Cc1cnc(CNC(=O)C(C)n2cnc3ccccc32)cn1. The Morgan fingerprint density at radius 2 is 2.05 bits per heavy atom. The number of fused-ring (bicyclic) bond motifs is 1. The van der Waals surface area contributed by atoms with Crippen LogP contribution in [0.5, 0.6) is 0 Å². The van der Waals surface area contributed by atoms with Gasteiger partial charge in [-0.25, -0.2) is 4.98 Å². The van der Waals surface area contributed by atoms with Crippen molar-refractivity contribution >= 4 is 16.9 Å². The number of amides is 1. The number of imidazole rings is 1. The molecule has 1 aromatic carbocycles. The Labute approximate surface area is 128 Å². The van der Waals surface area contributed by atoms with Crippen LogP contribution in [0.3, 0.4) is 0 Å². The van der Waals surface area contributed by atoms with Crippen LogP contribution in [-0.2, 0) is 11.3 Å². The van der Waals surface area contributed by atoms with Crippen molar-refractivity contribution in [1.29, 1.82) is 0 Å². The first-order valence-electron chi connectivity index (χ1n) is 7.12. The number of carbonyl (C=O) groups excluding carboxylic acids is 1. The van der Waals surface area contributed by atoms with Crippen LogP contribution >= 0.6 is 0 Å². The van der Waals surface area contributed by atoms with E-state index in [0.717, 1.165) is 22.4 Å². The minimum Gasteiger partial charge on any atom is -0.349 e. The van der Waals surface area contributed by atoms with Crippen molar-refractivity contribution in [3.8, 4) is 0 Å². The minimum absolute atomic E-state index is 0.0782. The molecule has 2 heterocycles. The predicted octanol–water partition coefficient (Wildman–Crippen LogP) is 2.01. The molecule has 0 aliphatic carbocycles. The van der Waals surface area contributed by atoms with Gasteiger partial charge in [0.15, 0.2) is 0 Å². The third kappa shape index (κ3) is 2.81. The van der Waals surface area contributed by atoms with Crippen LogP contribution in [0.1, 0.15) is 24.4 Å². The summed E-state index contributed by atoms with van der Waals surface area (Å²) in [5, 5.41) is 2.88. The van der Waals surface area contributed by atoms with Crippen LogP contribution in [0.4, 0.5) is 0 Å². The molecule has 2 aromatic heterocycles. The number of hydrogen-bond donors (Lipinski definition) is 1. The lowest BCUT2D eigenvalue weighted by Gasteiger charge is -2.14. The highest BCUT2D eigenvalue weighted by Crippen LogP contribution is 2.17. The summed E-state index contributed by atoms with van der Waals surface area (Å²) in [5.41, 5.74) is 3.42. The molecule has 0 spiro atoms. The molecule has 0 saturated carbocycles. The van der Waals surface area contributed by atoms with Gasteiger partial charge in [0.2, 0.25) is 5.91 Å². The molecule has 0 saturated heterocycles. The molecule has 1 amide bonds. The first-order chi connectivity index (χ1) is 10.6. The number of benzene rings is 1.